The van der Waals surface area contributed by atoms with Gasteiger partial charge in [-0.2, -0.15) is 0 Å². The van der Waals surface area contributed by atoms with Gasteiger partial charge in [0.2, 0.25) is 0 Å². The van der Waals surface area contributed by atoms with Crippen LogP contribution in [0.1, 0.15) is 37.3 Å². The monoisotopic (exact) mass is 177 g/mol. The summed E-state index contributed by atoms with van der Waals surface area (Å²) in [4.78, 5) is 8.41. The van der Waals surface area contributed by atoms with Crippen LogP contribution in [-0.2, 0) is 0 Å². The number of hydrogen-bond donors (Lipinski definition) is 1. The molecule has 1 aromatic heterocycles. The highest BCUT2D eigenvalue weighted by atomic mass is 14.8. The van der Waals surface area contributed by atoms with Gasteiger partial charge in [0.15, 0.2) is 0 Å². The van der Waals surface area contributed by atoms with Crippen LogP contribution < -0.4 is 5.73 Å². The summed E-state index contributed by atoms with van der Waals surface area (Å²) in [7, 11) is 0. The lowest BCUT2D eigenvalue weighted by molar-refractivity contribution is 0.390. The molecule has 0 saturated heterocycles. The van der Waals surface area contributed by atoms with Crippen LogP contribution in [0.15, 0.2) is 18.6 Å². The Morgan fingerprint density at radius 2 is 1.92 bits per heavy atom. The Bertz CT molecular complexity index is 252. The molecule has 0 aliphatic heterocycles. The zero-order valence-electron chi connectivity index (χ0n) is 7.69. The molecule has 13 heavy (non-hydrogen) atoms. The molecule has 1 heterocycles. The third-order valence-electron chi connectivity index (χ3n) is 2.77. The molecule has 0 radical (unpaired) electrons. The summed E-state index contributed by atoms with van der Waals surface area (Å²) in [6.45, 7) is 0. The van der Waals surface area contributed by atoms with Gasteiger partial charge in [-0.3, -0.25) is 9.97 Å². The summed E-state index contributed by atoms with van der Waals surface area (Å²) in [5.41, 5.74) is 6.97. The van der Waals surface area contributed by atoms with Crippen molar-refractivity contribution in [2.24, 2.45) is 5.73 Å². The Morgan fingerprint density at radius 3 is 2.54 bits per heavy atom. The van der Waals surface area contributed by atoms with Gasteiger partial charge in [0, 0.05) is 30.6 Å². The van der Waals surface area contributed by atoms with Crippen molar-refractivity contribution in [2.45, 2.75) is 37.6 Å². The summed E-state index contributed by atoms with van der Waals surface area (Å²) in [6.07, 6.45) is 9.95. The molecule has 3 heteroatoms. The molecule has 0 atom stereocenters. The number of aromatic nitrogens is 2. The maximum atomic E-state index is 5.84. The van der Waals surface area contributed by atoms with Gasteiger partial charge >= 0.3 is 0 Å². The Kier molecular flexibility index (Phi) is 2.54. The highest BCUT2D eigenvalue weighted by molar-refractivity contribution is 5.04. The lowest BCUT2D eigenvalue weighted by Crippen LogP contribution is -2.26. The number of hydrogen-bond acceptors (Lipinski definition) is 3. The van der Waals surface area contributed by atoms with Crippen molar-refractivity contribution in [3.05, 3.63) is 24.3 Å². The van der Waals surface area contributed by atoms with E-state index >= 15 is 0 Å². The largest absolute Gasteiger partial charge is 0.328 e. The van der Waals surface area contributed by atoms with Crippen molar-refractivity contribution in [2.75, 3.05) is 0 Å². The molecule has 0 spiro atoms. The summed E-state index contributed by atoms with van der Waals surface area (Å²) < 4.78 is 0. The van der Waals surface area contributed by atoms with Crippen LogP contribution in [0, 0.1) is 0 Å². The highest BCUT2D eigenvalue weighted by Crippen LogP contribution is 2.30. The van der Waals surface area contributed by atoms with Crippen LogP contribution in [0.5, 0.6) is 0 Å². The van der Waals surface area contributed by atoms with Gasteiger partial charge in [0.1, 0.15) is 0 Å². The molecule has 1 aliphatic carbocycles. The minimum absolute atomic E-state index is 0.410. The van der Waals surface area contributed by atoms with E-state index in [1.165, 1.54) is 12.8 Å². The Balaban J connectivity index is 2.03. The molecular formula is C10H15N3. The zero-order valence-corrected chi connectivity index (χ0v) is 7.69. The van der Waals surface area contributed by atoms with E-state index < -0.39 is 0 Å². The highest BCUT2D eigenvalue weighted by Gasteiger charge is 2.20. The van der Waals surface area contributed by atoms with Crippen LogP contribution in [0.2, 0.25) is 0 Å². The van der Waals surface area contributed by atoms with E-state index in [0.717, 1.165) is 18.5 Å². The molecule has 0 amide bonds. The molecule has 3 nitrogen and oxygen atoms in total. The number of nitrogens with zero attached hydrogens (tertiary/aromatic N) is 2. The topological polar surface area (TPSA) is 51.8 Å². The average molecular weight is 177 g/mol. The van der Waals surface area contributed by atoms with E-state index in [-0.39, 0.29) is 0 Å². The van der Waals surface area contributed by atoms with Crippen LogP contribution in [0.3, 0.4) is 0 Å². The van der Waals surface area contributed by atoms with Crippen LogP contribution >= 0.6 is 0 Å². The maximum Gasteiger partial charge on any atom is 0.0617 e. The SMILES string of the molecule is NC1CCC(c2cnccn2)CC1. The van der Waals surface area contributed by atoms with Gasteiger partial charge in [-0.25, -0.2) is 0 Å². The van der Waals surface area contributed by atoms with E-state index in [9.17, 15) is 0 Å². The molecule has 0 unspecified atom stereocenters. The second-order valence-corrected chi connectivity index (χ2v) is 3.74. The van der Waals surface area contributed by atoms with Crippen molar-refractivity contribution in [1.29, 1.82) is 0 Å². The standard InChI is InChI=1S/C10H15N3/c11-9-3-1-8(2-4-9)10-7-12-5-6-13-10/h5-9H,1-4,11H2. The minimum Gasteiger partial charge on any atom is -0.328 e. The molecule has 0 aromatic carbocycles. The van der Waals surface area contributed by atoms with Crippen molar-refractivity contribution in [1.82, 2.24) is 9.97 Å². The van der Waals surface area contributed by atoms with E-state index in [0.29, 0.717) is 12.0 Å². The first-order valence-corrected chi connectivity index (χ1v) is 4.88. The third kappa shape index (κ3) is 2.04. The van der Waals surface area contributed by atoms with Gasteiger partial charge in [0.25, 0.3) is 0 Å². The molecule has 70 valence electrons. The second-order valence-electron chi connectivity index (χ2n) is 3.74. The molecule has 0 bridgehead atoms. The Labute approximate surface area is 78.4 Å². The number of rotatable bonds is 1. The normalized spacial score (nSPS) is 28.7. The molecular weight excluding hydrogens is 162 g/mol. The second kappa shape index (κ2) is 3.83. The van der Waals surface area contributed by atoms with Crippen molar-refractivity contribution in [3.63, 3.8) is 0 Å². The molecule has 2 N–H and O–H groups in total. The summed E-state index contributed by atoms with van der Waals surface area (Å²) in [6, 6.07) is 0.410. The molecule has 1 aliphatic rings. The molecule has 1 fully saturated rings. The zero-order chi connectivity index (χ0) is 9.10. The summed E-state index contributed by atoms with van der Waals surface area (Å²) >= 11 is 0. The first-order valence-electron chi connectivity index (χ1n) is 4.88. The van der Waals surface area contributed by atoms with Crippen LogP contribution in [0.4, 0.5) is 0 Å². The fourth-order valence-electron chi connectivity index (χ4n) is 1.94. The number of nitrogens with two attached hydrogens (primary N) is 1. The van der Waals surface area contributed by atoms with Crippen LogP contribution in [-0.4, -0.2) is 16.0 Å². The van der Waals surface area contributed by atoms with Crippen molar-refractivity contribution < 1.29 is 0 Å². The Hall–Kier alpha value is -0.960. The van der Waals surface area contributed by atoms with Crippen molar-refractivity contribution >= 4 is 0 Å². The van der Waals surface area contributed by atoms with Gasteiger partial charge in [-0.05, 0) is 25.7 Å². The van der Waals surface area contributed by atoms with Gasteiger partial charge < -0.3 is 5.73 Å². The molecule has 1 saturated carbocycles. The first-order chi connectivity index (χ1) is 6.36. The smallest absolute Gasteiger partial charge is 0.0617 e. The van der Waals surface area contributed by atoms with E-state index in [1.54, 1.807) is 12.4 Å². The van der Waals surface area contributed by atoms with E-state index in [2.05, 4.69) is 9.97 Å². The van der Waals surface area contributed by atoms with Gasteiger partial charge in [0.05, 0.1) is 5.69 Å². The minimum atomic E-state index is 0.410. The summed E-state index contributed by atoms with van der Waals surface area (Å²) in [5.74, 6) is 0.591. The molecule has 2 rings (SSSR count). The maximum absolute atomic E-state index is 5.84. The first kappa shape index (κ1) is 8.63. The fourth-order valence-corrected chi connectivity index (χ4v) is 1.94. The van der Waals surface area contributed by atoms with E-state index in [1.807, 2.05) is 6.20 Å². The quantitative estimate of drug-likeness (QED) is 0.706. The third-order valence-corrected chi connectivity index (χ3v) is 2.77. The summed E-state index contributed by atoms with van der Waals surface area (Å²) in [5, 5.41) is 0. The predicted octanol–water partition coefficient (Wildman–Crippen LogP) is 1.46. The Morgan fingerprint density at radius 1 is 1.15 bits per heavy atom. The van der Waals surface area contributed by atoms with Gasteiger partial charge in [-0.1, -0.05) is 0 Å². The fraction of sp³-hybridized carbons (Fsp3) is 0.600. The lowest BCUT2D eigenvalue weighted by Gasteiger charge is -2.25. The average Bonchev–Trinajstić information content (AvgIpc) is 2.20. The molecule has 1 aromatic rings. The van der Waals surface area contributed by atoms with Gasteiger partial charge in [-0.15, -0.1) is 0 Å². The van der Waals surface area contributed by atoms with Crippen molar-refractivity contribution in [3.8, 4) is 0 Å². The predicted molar refractivity (Wildman–Crippen MR) is 51.2 cm³/mol. The van der Waals surface area contributed by atoms with E-state index in [4.69, 9.17) is 5.73 Å². The van der Waals surface area contributed by atoms with Crippen LogP contribution in [0.25, 0.3) is 0 Å². The lowest BCUT2D eigenvalue weighted by atomic mass is 9.85.